The maximum absolute atomic E-state index is 12.2. The van der Waals surface area contributed by atoms with E-state index in [0.29, 0.717) is 19.6 Å². The minimum Gasteiger partial charge on any atom is -0.486 e. The van der Waals surface area contributed by atoms with Gasteiger partial charge in [-0.3, -0.25) is 4.79 Å². The van der Waals surface area contributed by atoms with Crippen molar-refractivity contribution in [3.63, 3.8) is 0 Å². The fourth-order valence-electron chi connectivity index (χ4n) is 2.74. The normalized spacial score (nSPS) is 12.0. The van der Waals surface area contributed by atoms with Gasteiger partial charge in [0.1, 0.15) is 17.4 Å². The summed E-state index contributed by atoms with van der Waals surface area (Å²) in [7, 11) is 0. The molecule has 0 aliphatic carbocycles. The van der Waals surface area contributed by atoms with Crippen LogP contribution < -0.4 is 4.74 Å². The molecule has 25 heavy (non-hydrogen) atoms. The Hall–Kier alpha value is -1.88. The van der Waals surface area contributed by atoms with E-state index in [1.165, 1.54) is 11.1 Å². The van der Waals surface area contributed by atoms with E-state index < -0.39 is 0 Å². The number of aryl methyl sites for hydroxylation is 2. The van der Waals surface area contributed by atoms with E-state index in [9.17, 15) is 4.79 Å². The van der Waals surface area contributed by atoms with Gasteiger partial charge in [-0.25, -0.2) is 4.98 Å². The first-order chi connectivity index (χ1) is 11.9. The lowest BCUT2D eigenvalue weighted by molar-refractivity contribution is -0.133. The van der Waals surface area contributed by atoms with Crippen LogP contribution in [0.25, 0.3) is 0 Å². The lowest BCUT2D eigenvalue weighted by Gasteiger charge is -2.27. The molecule has 1 amide bonds. The van der Waals surface area contributed by atoms with Crippen molar-refractivity contribution in [2.24, 2.45) is 0 Å². The molecule has 0 unspecified atom stereocenters. The van der Waals surface area contributed by atoms with Crippen molar-refractivity contribution in [1.82, 2.24) is 9.88 Å². The van der Waals surface area contributed by atoms with Gasteiger partial charge in [0, 0.05) is 17.8 Å². The standard InChI is InChI=1S/C20H28N2O2S/c1-6-16(5)22(20(23)7-2)11-17-13-25-19(21-17)12-24-18-9-14(3)8-15(4)10-18/h8-10,13,16H,6-7,11-12H2,1-5H3/t16-/m0/s1. The average molecular weight is 361 g/mol. The van der Waals surface area contributed by atoms with Gasteiger partial charge >= 0.3 is 0 Å². The fraction of sp³-hybridized carbons (Fsp3) is 0.500. The molecule has 0 aliphatic rings. The molecule has 1 heterocycles. The number of hydrogen-bond donors (Lipinski definition) is 0. The van der Waals surface area contributed by atoms with Gasteiger partial charge in [0.15, 0.2) is 0 Å². The summed E-state index contributed by atoms with van der Waals surface area (Å²) in [5, 5.41) is 2.96. The Morgan fingerprint density at radius 1 is 1.24 bits per heavy atom. The van der Waals surface area contributed by atoms with E-state index in [1.807, 2.05) is 29.3 Å². The number of hydrogen-bond acceptors (Lipinski definition) is 4. The highest BCUT2D eigenvalue weighted by Crippen LogP contribution is 2.20. The molecule has 0 radical (unpaired) electrons. The smallest absolute Gasteiger partial charge is 0.222 e. The summed E-state index contributed by atoms with van der Waals surface area (Å²) < 4.78 is 5.88. The van der Waals surface area contributed by atoms with Crippen molar-refractivity contribution in [1.29, 1.82) is 0 Å². The number of amides is 1. The lowest BCUT2D eigenvalue weighted by Crippen LogP contribution is -2.37. The summed E-state index contributed by atoms with van der Waals surface area (Å²) >= 11 is 1.58. The quantitative estimate of drug-likeness (QED) is 0.674. The number of aromatic nitrogens is 1. The average Bonchev–Trinajstić information content (AvgIpc) is 3.03. The number of ether oxygens (including phenoxy) is 1. The molecule has 4 nitrogen and oxygen atoms in total. The van der Waals surface area contributed by atoms with E-state index in [1.54, 1.807) is 11.3 Å². The summed E-state index contributed by atoms with van der Waals surface area (Å²) in [6, 6.07) is 6.42. The monoisotopic (exact) mass is 360 g/mol. The van der Waals surface area contributed by atoms with Gasteiger partial charge < -0.3 is 9.64 Å². The van der Waals surface area contributed by atoms with Gasteiger partial charge in [-0.05, 0) is 50.5 Å². The summed E-state index contributed by atoms with van der Waals surface area (Å²) in [6.07, 6.45) is 1.47. The van der Waals surface area contributed by atoms with Crippen LogP contribution in [0.5, 0.6) is 5.75 Å². The van der Waals surface area contributed by atoms with E-state index in [2.05, 4.69) is 38.7 Å². The van der Waals surface area contributed by atoms with Crippen molar-refractivity contribution in [2.45, 2.75) is 66.7 Å². The van der Waals surface area contributed by atoms with Gasteiger partial charge in [-0.1, -0.05) is 19.9 Å². The SMILES string of the molecule is CCC(=O)N(Cc1csc(COc2cc(C)cc(C)c2)n1)[C@@H](C)CC. The van der Waals surface area contributed by atoms with Gasteiger partial charge in [0.25, 0.3) is 0 Å². The van der Waals surface area contributed by atoms with Crippen molar-refractivity contribution >= 4 is 17.2 Å². The third-order valence-electron chi connectivity index (χ3n) is 4.23. The lowest BCUT2D eigenvalue weighted by atomic mass is 10.1. The minimum atomic E-state index is 0.176. The molecule has 2 aromatic rings. The van der Waals surface area contributed by atoms with Crippen LogP contribution in [0.15, 0.2) is 23.6 Å². The van der Waals surface area contributed by atoms with Crippen LogP contribution in [0, 0.1) is 13.8 Å². The molecular weight excluding hydrogens is 332 g/mol. The maximum atomic E-state index is 12.2. The Labute approximate surface area is 154 Å². The number of rotatable bonds is 8. The maximum Gasteiger partial charge on any atom is 0.222 e. The van der Waals surface area contributed by atoms with Crippen molar-refractivity contribution in [3.8, 4) is 5.75 Å². The fourth-order valence-corrected chi connectivity index (χ4v) is 3.43. The molecule has 5 heteroatoms. The zero-order valence-corrected chi connectivity index (χ0v) is 16.7. The second-order valence-electron chi connectivity index (χ2n) is 6.48. The Balaban J connectivity index is 2.00. The molecule has 0 spiro atoms. The summed E-state index contributed by atoms with van der Waals surface area (Å²) in [5.41, 5.74) is 3.32. The van der Waals surface area contributed by atoms with Gasteiger partial charge in [-0.2, -0.15) is 0 Å². The predicted molar refractivity (Wildman–Crippen MR) is 103 cm³/mol. The van der Waals surface area contributed by atoms with Crippen LogP contribution in [-0.2, 0) is 17.9 Å². The largest absolute Gasteiger partial charge is 0.486 e. The molecule has 0 aliphatic heterocycles. The Kier molecular flexibility index (Phi) is 7.00. The second-order valence-corrected chi connectivity index (χ2v) is 7.42. The van der Waals surface area contributed by atoms with E-state index in [4.69, 9.17) is 4.74 Å². The summed E-state index contributed by atoms with van der Waals surface area (Å²) in [4.78, 5) is 18.7. The summed E-state index contributed by atoms with van der Waals surface area (Å²) in [6.45, 7) is 11.3. The van der Waals surface area contributed by atoms with E-state index in [-0.39, 0.29) is 11.9 Å². The highest BCUT2D eigenvalue weighted by molar-refractivity contribution is 7.09. The number of carbonyl (C=O) groups excluding carboxylic acids is 1. The van der Waals surface area contributed by atoms with Crippen molar-refractivity contribution in [2.75, 3.05) is 0 Å². The minimum absolute atomic E-state index is 0.176. The molecule has 0 saturated carbocycles. The molecule has 136 valence electrons. The highest BCUT2D eigenvalue weighted by Gasteiger charge is 2.19. The Morgan fingerprint density at radius 3 is 2.52 bits per heavy atom. The van der Waals surface area contributed by atoms with Gasteiger partial charge in [0.05, 0.1) is 12.2 Å². The molecule has 1 aromatic heterocycles. The Morgan fingerprint density at radius 2 is 1.92 bits per heavy atom. The van der Waals surface area contributed by atoms with Crippen molar-refractivity contribution in [3.05, 3.63) is 45.4 Å². The molecule has 0 N–H and O–H groups in total. The van der Waals surface area contributed by atoms with E-state index in [0.717, 1.165) is 22.9 Å². The number of thiazole rings is 1. The van der Waals surface area contributed by atoms with E-state index >= 15 is 0 Å². The van der Waals surface area contributed by atoms with Gasteiger partial charge in [0.2, 0.25) is 5.91 Å². The third kappa shape index (κ3) is 5.56. The van der Waals surface area contributed by atoms with Crippen LogP contribution in [0.2, 0.25) is 0 Å². The Bertz CT molecular complexity index is 691. The van der Waals surface area contributed by atoms with Crippen LogP contribution in [-0.4, -0.2) is 21.8 Å². The molecule has 0 saturated heterocycles. The zero-order chi connectivity index (χ0) is 18.4. The molecule has 1 atom stereocenters. The molecule has 2 rings (SSSR count). The third-order valence-corrected chi connectivity index (χ3v) is 5.11. The first-order valence-electron chi connectivity index (χ1n) is 8.86. The molecule has 0 fully saturated rings. The van der Waals surface area contributed by atoms with Crippen LogP contribution >= 0.6 is 11.3 Å². The number of benzene rings is 1. The number of nitrogens with zero attached hydrogens (tertiary/aromatic N) is 2. The molecule has 1 aromatic carbocycles. The first-order valence-corrected chi connectivity index (χ1v) is 9.74. The summed E-state index contributed by atoms with van der Waals surface area (Å²) in [5.74, 6) is 1.05. The second kappa shape index (κ2) is 8.99. The highest BCUT2D eigenvalue weighted by atomic mass is 32.1. The topological polar surface area (TPSA) is 42.4 Å². The molecular formula is C20H28N2O2S. The van der Waals surface area contributed by atoms with Crippen LogP contribution in [0.3, 0.4) is 0 Å². The molecule has 0 bridgehead atoms. The predicted octanol–water partition coefficient (Wildman–Crippen LogP) is 4.88. The van der Waals surface area contributed by atoms with Crippen LogP contribution in [0.1, 0.15) is 55.4 Å². The van der Waals surface area contributed by atoms with Crippen LogP contribution in [0.4, 0.5) is 0 Å². The number of carbonyl (C=O) groups is 1. The first kappa shape index (κ1) is 19.4. The van der Waals surface area contributed by atoms with Gasteiger partial charge in [-0.15, -0.1) is 11.3 Å². The van der Waals surface area contributed by atoms with Crippen molar-refractivity contribution < 1.29 is 9.53 Å². The zero-order valence-electron chi connectivity index (χ0n) is 15.8.